The van der Waals surface area contributed by atoms with Gasteiger partial charge in [0.25, 0.3) is 0 Å². The van der Waals surface area contributed by atoms with Crippen molar-refractivity contribution in [2.75, 3.05) is 25.5 Å². The summed E-state index contributed by atoms with van der Waals surface area (Å²) in [6.45, 7) is 3.37. The summed E-state index contributed by atoms with van der Waals surface area (Å²) in [5.74, 6) is -0.0654. The molecule has 0 saturated carbocycles. The van der Waals surface area contributed by atoms with E-state index in [4.69, 9.17) is 10.5 Å². The van der Waals surface area contributed by atoms with E-state index in [1.807, 2.05) is 20.0 Å². The average molecular weight is 284 g/mol. The van der Waals surface area contributed by atoms with Gasteiger partial charge in [-0.25, -0.2) is 0 Å². The Morgan fingerprint density at radius 3 is 2.86 bits per heavy atom. The summed E-state index contributed by atoms with van der Waals surface area (Å²) in [7, 11) is 1.95. The van der Waals surface area contributed by atoms with Crippen molar-refractivity contribution < 1.29 is 4.79 Å². The summed E-state index contributed by atoms with van der Waals surface area (Å²) < 4.78 is 0. The third-order valence-corrected chi connectivity index (χ3v) is 3.03. The van der Waals surface area contributed by atoms with E-state index in [2.05, 4.69) is 16.3 Å². The second-order valence-corrected chi connectivity index (χ2v) is 5.14. The number of rotatable bonds is 7. The lowest BCUT2D eigenvalue weighted by Gasteiger charge is -2.17. The zero-order valence-electron chi connectivity index (χ0n) is 12.5. The van der Waals surface area contributed by atoms with Gasteiger partial charge in [-0.05, 0) is 45.1 Å². The van der Waals surface area contributed by atoms with Gasteiger partial charge in [0.05, 0.1) is 23.6 Å². The maximum absolute atomic E-state index is 11.8. The first kappa shape index (κ1) is 16.7. The van der Waals surface area contributed by atoms with Gasteiger partial charge in [0, 0.05) is 18.7 Å². The van der Waals surface area contributed by atoms with Gasteiger partial charge in [-0.1, -0.05) is 6.07 Å². The molecular formula is C16H20N4O. The first-order valence-corrected chi connectivity index (χ1v) is 6.93. The summed E-state index contributed by atoms with van der Waals surface area (Å²) in [6, 6.07) is 11.1. The predicted molar refractivity (Wildman–Crippen MR) is 81.3 cm³/mol. The molecule has 0 saturated heterocycles. The molecule has 0 spiro atoms. The molecule has 1 amide bonds. The van der Waals surface area contributed by atoms with E-state index in [9.17, 15) is 4.79 Å². The van der Waals surface area contributed by atoms with Gasteiger partial charge in [-0.2, -0.15) is 10.5 Å². The number of nitrogens with one attached hydrogen (secondary N) is 1. The van der Waals surface area contributed by atoms with Crippen molar-refractivity contribution >= 4 is 11.6 Å². The van der Waals surface area contributed by atoms with Gasteiger partial charge in [0.15, 0.2) is 0 Å². The molecule has 5 nitrogen and oxygen atoms in total. The fraction of sp³-hybridized carbons (Fsp3) is 0.438. The fourth-order valence-corrected chi connectivity index (χ4v) is 2.00. The molecule has 0 aromatic heterocycles. The Morgan fingerprint density at radius 2 is 2.19 bits per heavy atom. The van der Waals surface area contributed by atoms with Gasteiger partial charge in [-0.3, -0.25) is 4.79 Å². The van der Waals surface area contributed by atoms with Crippen LogP contribution in [0.3, 0.4) is 0 Å². The van der Waals surface area contributed by atoms with Crippen LogP contribution in [0.25, 0.3) is 0 Å². The molecular weight excluding hydrogens is 264 g/mol. The quantitative estimate of drug-likeness (QED) is 0.833. The molecule has 1 atom stereocenters. The van der Waals surface area contributed by atoms with Gasteiger partial charge in [-0.15, -0.1) is 0 Å². The molecule has 5 heteroatoms. The standard InChI is InChI=1S/C16H20N4O/c1-13(10-17)12-20(2)8-4-7-16(21)19-15-6-3-5-14(9-15)11-18/h3,5-6,9,13H,4,7-8,12H2,1-2H3,(H,19,21). The van der Waals surface area contributed by atoms with Crippen LogP contribution in [-0.4, -0.2) is 30.9 Å². The van der Waals surface area contributed by atoms with Crippen LogP contribution in [0, 0.1) is 28.6 Å². The summed E-state index contributed by atoms with van der Waals surface area (Å²) in [4.78, 5) is 13.9. The average Bonchev–Trinajstić information content (AvgIpc) is 2.47. The number of amides is 1. The molecule has 1 rings (SSSR count). The lowest BCUT2D eigenvalue weighted by Crippen LogP contribution is -2.25. The zero-order chi connectivity index (χ0) is 15.7. The van der Waals surface area contributed by atoms with E-state index < -0.39 is 0 Å². The molecule has 0 heterocycles. The van der Waals surface area contributed by atoms with E-state index in [0.29, 0.717) is 24.2 Å². The third kappa shape index (κ3) is 6.56. The SMILES string of the molecule is CC(C#N)CN(C)CCCC(=O)Nc1cccc(C#N)c1. The third-order valence-electron chi connectivity index (χ3n) is 3.03. The maximum atomic E-state index is 11.8. The van der Waals surface area contributed by atoms with E-state index in [0.717, 1.165) is 13.0 Å². The number of hydrogen-bond acceptors (Lipinski definition) is 4. The Balaban J connectivity index is 2.31. The van der Waals surface area contributed by atoms with Crippen molar-refractivity contribution in [3.8, 4) is 12.1 Å². The minimum Gasteiger partial charge on any atom is -0.326 e. The van der Waals surface area contributed by atoms with Crippen molar-refractivity contribution in [3.63, 3.8) is 0 Å². The van der Waals surface area contributed by atoms with Crippen molar-refractivity contribution in [1.82, 2.24) is 4.90 Å². The Bertz CT molecular complexity index is 556. The summed E-state index contributed by atoms with van der Waals surface area (Å²) >= 11 is 0. The van der Waals surface area contributed by atoms with E-state index in [1.54, 1.807) is 24.3 Å². The highest BCUT2D eigenvalue weighted by Crippen LogP contribution is 2.10. The summed E-state index contributed by atoms with van der Waals surface area (Å²) in [5, 5.41) is 20.3. The lowest BCUT2D eigenvalue weighted by atomic mass is 10.2. The van der Waals surface area contributed by atoms with Gasteiger partial charge >= 0.3 is 0 Å². The van der Waals surface area contributed by atoms with Crippen molar-refractivity contribution in [2.45, 2.75) is 19.8 Å². The molecule has 110 valence electrons. The lowest BCUT2D eigenvalue weighted by molar-refractivity contribution is -0.116. The smallest absolute Gasteiger partial charge is 0.224 e. The highest BCUT2D eigenvalue weighted by molar-refractivity contribution is 5.90. The van der Waals surface area contributed by atoms with E-state index in [-0.39, 0.29) is 11.8 Å². The molecule has 1 unspecified atom stereocenters. The zero-order valence-corrected chi connectivity index (χ0v) is 12.5. The van der Waals surface area contributed by atoms with Crippen LogP contribution in [0.1, 0.15) is 25.3 Å². The minimum atomic E-state index is -0.0631. The molecule has 21 heavy (non-hydrogen) atoms. The number of nitriles is 2. The molecule has 0 aliphatic rings. The Morgan fingerprint density at radius 1 is 1.43 bits per heavy atom. The monoisotopic (exact) mass is 284 g/mol. The maximum Gasteiger partial charge on any atom is 0.224 e. The Kier molecular flexibility index (Phi) is 6.94. The van der Waals surface area contributed by atoms with Crippen LogP contribution < -0.4 is 5.32 Å². The van der Waals surface area contributed by atoms with E-state index >= 15 is 0 Å². The van der Waals surface area contributed by atoms with Crippen LogP contribution in [-0.2, 0) is 4.79 Å². The second kappa shape index (κ2) is 8.73. The topological polar surface area (TPSA) is 79.9 Å². The van der Waals surface area contributed by atoms with E-state index in [1.165, 1.54) is 0 Å². The van der Waals surface area contributed by atoms with Crippen molar-refractivity contribution in [1.29, 1.82) is 10.5 Å². The van der Waals surface area contributed by atoms with Crippen LogP contribution in [0.2, 0.25) is 0 Å². The second-order valence-electron chi connectivity index (χ2n) is 5.14. The largest absolute Gasteiger partial charge is 0.326 e. The predicted octanol–water partition coefficient (Wildman–Crippen LogP) is 2.37. The van der Waals surface area contributed by atoms with Crippen LogP contribution in [0.4, 0.5) is 5.69 Å². The molecule has 0 bridgehead atoms. The van der Waals surface area contributed by atoms with Crippen LogP contribution in [0.5, 0.6) is 0 Å². The number of carbonyl (C=O) groups is 1. The highest BCUT2D eigenvalue weighted by Gasteiger charge is 2.07. The normalized spacial score (nSPS) is 11.5. The molecule has 1 N–H and O–H groups in total. The molecule has 1 aromatic carbocycles. The fourth-order valence-electron chi connectivity index (χ4n) is 2.00. The number of carbonyl (C=O) groups excluding carboxylic acids is 1. The number of benzene rings is 1. The molecule has 0 aliphatic heterocycles. The minimum absolute atomic E-state index is 0.00227. The number of hydrogen-bond donors (Lipinski definition) is 1. The first-order chi connectivity index (χ1) is 10.0. The molecule has 1 aromatic rings. The Labute approximate surface area is 125 Å². The number of anilines is 1. The molecule has 0 aliphatic carbocycles. The molecule has 0 radical (unpaired) electrons. The van der Waals surface area contributed by atoms with Gasteiger partial charge in [0.1, 0.15) is 0 Å². The van der Waals surface area contributed by atoms with Crippen molar-refractivity contribution in [3.05, 3.63) is 29.8 Å². The van der Waals surface area contributed by atoms with Crippen molar-refractivity contribution in [2.24, 2.45) is 5.92 Å². The first-order valence-electron chi connectivity index (χ1n) is 6.93. The number of nitrogens with zero attached hydrogens (tertiary/aromatic N) is 3. The summed E-state index contributed by atoms with van der Waals surface area (Å²) in [6.07, 6.45) is 1.15. The highest BCUT2D eigenvalue weighted by atomic mass is 16.1. The van der Waals surface area contributed by atoms with Crippen LogP contribution >= 0.6 is 0 Å². The molecule has 0 fully saturated rings. The van der Waals surface area contributed by atoms with Gasteiger partial charge < -0.3 is 10.2 Å². The van der Waals surface area contributed by atoms with Crippen LogP contribution in [0.15, 0.2) is 24.3 Å². The summed E-state index contributed by atoms with van der Waals surface area (Å²) in [5.41, 5.74) is 1.17. The van der Waals surface area contributed by atoms with Gasteiger partial charge in [0.2, 0.25) is 5.91 Å². The Hall–Kier alpha value is -2.37.